The highest BCUT2D eigenvalue weighted by Crippen LogP contribution is 2.34. The fourth-order valence-electron chi connectivity index (χ4n) is 2.05. The van der Waals surface area contributed by atoms with Gasteiger partial charge < -0.3 is 15.8 Å². The van der Waals surface area contributed by atoms with Gasteiger partial charge in [0, 0.05) is 27.3 Å². The molecule has 5 heteroatoms. The Bertz CT molecular complexity index is 592. The van der Waals surface area contributed by atoms with Gasteiger partial charge in [0.05, 0.1) is 13.2 Å². The number of nitrogens with two attached hydrogens (primary N) is 1. The van der Waals surface area contributed by atoms with E-state index in [1.54, 1.807) is 7.11 Å². The smallest absolute Gasteiger partial charge is 0.125 e. The minimum Gasteiger partial charge on any atom is -0.496 e. The summed E-state index contributed by atoms with van der Waals surface area (Å²) in [6.07, 6.45) is 0. The van der Waals surface area contributed by atoms with Gasteiger partial charge in [0.15, 0.2) is 0 Å². The second kappa shape index (κ2) is 6.97. The third-order valence-corrected chi connectivity index (χ3v) is 4.04. The van der Waals surface area contributed by atoms with E-state index in [1.165, 1.54) is 0 Å². The fraction of sp³-hybridized carbons (Fsp3) is 0.200. The Balaban J connectivity index is 2.36. The Kier molecular flexibility index (Phi) is 5.29. The summed E-state index contributed by atoms with van der Waals surface area (Å²) in [5.41, 5.74) is 7.74. The summed E-state index contributed by atoms with van der Waals surface area (Å²) in [5, 5.41) is 4.03. The highest BCUT2D eigenvalue weighted by Gasteiger charge is 2.18. The third kappa shape index (κ3) is 3.26. The van der Waals surface area contributed by atoms with Crippen molar-refractivity contribution >= 4 is 33.2 Å². The predicted octanol–water partition coefficient (Wildman–Crippen LogP) is 4.22. The summed E-state index contributed by atoms with van der Waals surface area (Å²) in [5.74, 6) is 0.729. The lowest BCUT2D eigenvalue weighted by Gasteiger charge is -2.22. The van der Waals surface area contributed by atoms with Crippen LogP contribution in [0, 0.1) is 0 Å². The van der Waals surface area contributed by atoms with Gasteiger partial charge in [-0.05, 0) is 40.2 Å². The standard InChI is InChI=1S/C15H16BrClN2O/c1-20-14-8-4-6-11(17)15(14)13(9-18)19-12-7-3-2-5-10(12)16/h2-8,13,19H,9,18H2,1H3. The minimum atomic E-state index is -0.127. The highest BCUT2D eigenvalue weighted by atomic mass is 79.9. The normalized spacial score (nSPS) is 12.0. The Morgan fingerprint density at radius 1 is 1.25 bits per heavy atom. The Morgan fingerprint density at radius 3 is 2.65 bits per heavy atom. The third-order valence-electron chi connectivity index (χ3n) is 3.02. The molecule has 20 heavy (non-hydrogen) atoms. The number of rotatable bonds is 5. The van der Waals surface area contributed by atoms with Crippen molar-refractivity contribution < 1.29 is 4.74 Å². The zero-order valence-electron chi connectivity index (χ0n) is 11.1. The first-order valence-corrected chi connectivity index (χ1v) is 7.38. The van der Waals surface area contributed by atoms with Crippen molar-refractivity contribution in [3.05, 3.63) is 57.5 Å². The van der Waals surface area contributed by atoms with Crippen LogP contribution in [0.5, 0.6) is 5.75 Å². The maximum atomic E-state index is 6.30. The SMILES string of the molecule is COc1cccc(Cl)c1C(CN)Nc1ccccc1Br. The van der Waals surface area contributed by atoms with Gasteiger partial charge in [0.1, 0.15) is 5.75 Å². The van der Waals surface area contributed by atoms with E-state index in [-0.39, 0.29) is 6.04 Å². The molecule has 0 aliphatic carbocycles. The van der Waals surface area contributed by atoms with Crippen LogP contribution in [0.3, 0.4) is 0 Å². The average molecular weight is 356 g/mol. The number of methoxy groups -OCH3 is 1. The van der Waals surface area contributed by atoms with Crippen LogP contribution in [-0.2, 0) is 0 Å². The monoisotopic (exact) mass is 354 g/mol. The van der Waals surface area contributed by atoms with Crippen molar-refractivity contribution in [3.63, 3.8) is 0 Å². The molecule has 0 saturated heterocycles. The summed E-state index contributed by atoms with van der Waals surface area (Å²) in [7, 11) is 1.63. The topological polar surface area (TPSA) is 47.3 Å². The van der Waals surface area contributed by atoms with E-state index in [0.717, 1.165) is 21.5 Å². The summed E-state index contributed by atoms with van der Waals surface area (Å²) in [4.78, 5) is 0. The molecule has 0 aliphatic heterocycles. The van der Waals surface area contributed by atoms with E-state index in [4.69, 9.17) is 22.1 Å². The number of nitrogens with one attached hydrogen (secondary N) is 1. The van der Waals surface area contributed by atoms with E-state index in [1.807, 2.05) is 42.5 Å². The Hall–Kier alpha value is -1.23. The molecule has 0 bridgehead atoms. The molecular weight excluding hydrogens is 340 g/mol. The average Bonchev–Trinajstić information content (AvgIpc) is 2.47. The fourth-order valence-corrected chi connectivity index (χ4v) is 2.75. The van der Waals surface area contributed by atoms with Gasteiger partial charge in [0.2, 0.25) is 0 Å². The Morgan fingerprint density at radius 2 is 2.00 bits per heavy atom. The van der Waals surface area contributed by atoms with Gasteiger partial charge in [-0.2, -0.15) is 0 Å². The van der Waals surface area contributed by atoms with Crippen LogP contribution in [-0.4, -0.2) is 13.7 Å². The molecule has 1 atom stereocenters. The molecule has 2 aromatic rings. The molecule has 0 aromatic heterocycles. The first kappa shape index (κ1) is 15.2. The van der Waals surface area contributed by atoms with Crippen molar-refractivity contribution in [3.8, 4) is 5.75 Å². The molecule has 3 nitrogen and oxygen atoms in total. The van der Waals surface area contributed by atoms with Gasteiger partial charge in [-0.3, -0.25) is 0 Å². The van der Waals surface area contributed by atoms with Crippen LogP contribution in [0.15, 0.2) is 46.9 Å². The number of anilines is 1. The molecule has 0 aliphatic rings. The molecule has 0 fully saturated rings. The van der Waals surface area contributed by atoms with Crippen LogP contribution >= 0.6 is 27.5 Å². The number of ether oxygens (including phenoxy) is 1. The lowest BCUT2D eigenvalue weighted by Crippen LogP contribution is -2.21. The maximum absolute atomic E-state index is 6.30. The van der Waals surface area contributed by atoms with Crippen LogP contribution in [0.1, 0.15) is 11.6 Å². The molecule has 0 heterocycles. The lowest BCUT2D eigenvalue weighted by atomic mass is 10.0. The van der Waals surface area contributed by atoms with Gasteiger partial charge >= 0.3 is 0 Å². The largest absolute Gasteiger partial charge is 0.496 e. The first-order valence-electron chi connectivity index (χ1n) is 6.21. The van der Waals surface area contributed by atoms with Crippen molar-refractivity contribution in [1.82, 2.24) is 0 Å². The van der Waals surface area contributed by atoms with Crippen LogP contribution in [0.2, 0.25) is 5.02 Å². The molecule has 106 valence electrons. The summed E-state index contributed by atoms with van der Waals surface area (Å²) in [6, 6.07) is 13.3. The molecule has 3 N–H and O–H groups in total. The van der Waals surface area contributed by atoms with Crippen molar-refractivity contribution in [2.75, 3.05) is 19.0 Å². The zero-order valence-corrected chi connectivity index (χ0v) is 13.4. The van der Waals surface area contributed by atoms with E-state index in [2.05, 4.69) is 21.2 Å². The molecule has 0 saturated carbocycles. The molecule has 0 amide bonds. The molecule has 1 unspecified atom stereocenters. The quantitative estimate of drug-likeness (QED) is 0.844. The lowest BCUT2D eigenvalue weighted by molar-refractivity contribution is 0.407. The zero-order chi connectivity index (χ0) is 14.5. The summed E-state index contributed by atoms with van der Waals surface area (Å²) < 4.78 is 6.36. The number of hydrogen-bond acceptors (Lipinski definition) is 3. The van der Waals surface area contributed by atoms with E-state index < -0.39 is 0 Å². The van der Waals surface area contributed by atoms with Gasteiger partial charge in [-0.1, -0.05) is 29.8 Å². The Labute approximate surface area is 132 Å². The number of benzene rings is 2. The van der Waals surface area contributed by atoms with Crippen molar-refractivity contribution in [2.24, 2.45) is 5.73 Å². The number of para-hydroxylation sites is 1. The molecule has 0 radical (unpaired) electrons. The van der Waals surface area contributed by atoms with Crippen LogP contribution in [0.25, 0.3) is 0 Å². The highest BCUT2D eigenvalue weighted by molar-refractivity contribution is 9.10. The molecule has 2 aromatic carbocycles. The van der Waals surface area contributed by atoms with Gasteiger partial charge in [0.25, 0.3) is 0 Å². The van der Waals surface area contributed by atoms with E-state index in [0.29, 0.717) is 11.6 Å². The van der Waals surface area contributed by atoms with E-state index in [9.17, 15) is 0 Å². The van der Waals surface area contributed by atoms with Crippen molar-refractivity contribution in [2.45, 2.75) is 6.04 Å². The first-order chi connectivity index (χ1) is 9.67. The summed E-state index contributed by atoms with van der Waals surface area (Å²) in [6.45, 7) is 0.404. The number of hydrogen-bond donors (Lipinski definition) is 2. The molecular formula is C15H16BrClN2O. The van der Waals surface area contributed by atoms with Crippen molar-refractivity contribution in [1.29, 1.82) is 0 Å². The maximum Gasteiger partial charge on any atom is 0.125 e. The van der Waals surface area contributed by atoms with Crippen LogP contribution in [0.4, 0.5) is 5.69 Å². The number of halogens is 2. The minimum absolute atomic E-state index is 0.127. The van der Waals surface area contributed by atoms with Gasteiger partial charge in [-0.15, -0.1) is 0 Å². The summed E-state index contributed by atoms with van der Waals surface area (Å²) >= 11 is 9.81. The second-order valence-electron chi connectivity index (χ2n) is 4.27. The second-order valence-corrected chi connectivity index (χ2v) is 5.53. The molecule has 0 spiro atoms. The van der Waals surface area contributed by atoms with Crippen LogP contribution < -0.4 is 15.8 Å². The van der Waals surface area contributed by atoms with Gasteiger partial charge in [-0.25, -0.2) is 0 Å². The molecule has 2 rings (SSSR count). The van der Waals surface area contributed by atoms with E-state index >= 15 is 0 Å². The predicted molar refractivity (Wildman–Crippen MR) is 87.6 cm³/mol.